The molecule has 3 heterocycles. The second-order valence-corrected chi connectivity index (χ2v) is 9.04. The summed E-state index contributed by atoms with van der Waals surface area (Å²) in [6, 6.07) is 4.51. The van der Waals surface area contributed by atoms with Crippen LogP contribution in [-0.2, 0) is 19.3 Å². The monoisotopic (exact) mass is 339 g/mol. The maximum absolute atomic E-state index is 5.20. The number of hydrogen-bond acceptors (Lipinski definition) is 3. The van der Waals surface area contributed by atoms with Crippen molar-refractivity contribution in [3.63, 3.8) is 0 Å². The zero-order chi connectivity index (χ0) is 15.4. The van der Waals surface area contributed by atoms with E-state index in [1.807, 2.05) is 22.7 Å². The third-order valence-electron chi connectivity index (χ3n) is 5.53. The predicted molar refractivity (Wildman–Crippen MR) is 101 cm³/mol. The number of nitrogens with zero attached hydrogens (tertiary/aromatic N) is 1. The molecule has 0 fully saturated rings. The molecule has 118 valence electrons. The van der Waals surface area contributed by atoms with Gasteiger partial charge in [-0.3, -0.25) is 0 Å². The zero-order valence-electron chi connectivity index (χ0n) is 13.5. The highest BCUT2D eigenvalue weighted by atomic mass is 32.1. The van der Waals surface area contributed by atoms with Gasteiger partial charge in [0.2, 0.25) is 0 Å². The molecule has 23 heavy (non-hydrogen) atoms. The first-order valence-electron chi connectivity index (χ1n) is 8.84. The molecule has 0 bridgehead atoms. The molecule has 0 radical (unpaired) electrons. The van der Waals surface area contributed by atoms with Gasteiger partial charge in [-0.05, 0) is 73.4 Å². The van der Waals surface area contributed by atoms with Crippen molar-refractivity contribution < 1.29 is 0 Å². The van der Waals surface area contributed by atoms with Crippen LogP contribution in [0.15, 0.2) is 17.5 Å². The van der Waals surface area contributed by atoms with Gasteiger partial charge in [-0.15, -0.1) is 22.7 Å². The van der Waals surface area contributed by atoms with Crippen LogP contribution >= 0.6 is 22.7 Å². The molecular formula is C20H21NS2. The Labute approximate surface area is 145 Å². The van der Waals surface area contributed by atoms with Gasteiger partial charge >= 0.3 is 0 Å². The van der Waals surface area contributed by atoms with Crippen molar-refractivity contribution in [3.8, 4) is 10.4 Å². The maximum Gasteiger partial charge on any atom is 0.124 e. The van der Waals surface area contributed by atoms with Gasteiger partial charge in [-0.2, -0.15) is 0 Å². The summed E-state index contributed by atoms with van der Waals surface area (Å²) >= 11 is 3.88. The summed E-state index contributed by atoms with van der Waals surface area (Å²) in [4.78, 5) is 9.58. The van der Waals surface area contributed by atoms with Gasteiger partial charge in [0.15, 0.2) is 0 Å². The van der Waals surface area contributed by atoms with E-state index in [9.17, 15) is 0 Å². The van der Waals surface area contributed by atoms with Crippen molar-refractivity contribution in [1.29, 1.82) is 0 Å². The standard InChI is InChI=1S/C20H21NS2/c1-12-6-4-8-14-17(16-10-5-11-22-16)18-13-7-2-3-9-15(13)23-20(18)21-19(12)14/h5,10-12H,2-4,6-9H2,1H3/t12-/m0/s1. The Hall–Kier alpha value is -1.19. The Morgan fingerprint density at radius 3 is 2.83 bits per heavy atom. The lowest BCUT2D eigenvalue weighted by atomic mass is 9.83. The molecule has 3 aromatic rings. The van der Waals surface area contributed by atoms with Gasteiger partial charge < -0.3 is 0 Å². The van der Waals surface area contributed by atoms with Gasteiger partial charge in [0, 0.05) is 26.4 Å². The fourth-order valence-electron chi connectivity index (χ4n) is 4.42. The maximum atomic E-state index is 5.20. The first-order valence-corrected chi connectivity index (χ1v) is 10.5. The van der Waals surface area contributed by atoms with Crippen LogP contribution in [-0.4, -0.2) is 4.98 Å². The van der Waals surface area contributed by atoms with E-state index >= 15 is 0 Å². The summed E-state index contributed by atoms with van der Waals surface area (Å²) in [6.07, 6.45) is 9.03. The molecule has 3 aromatic heterocycles. The summed E-state index contributed by atoms with van der Waals surface area (Å²) in [7, 11) is 0. The number of aromatic nitrogens is 1. The highest BCUT2D eigenvalue weighted by Gasteiger charge is 2.28. The Bertz CT molecular complexity index is 873. The highest BCUT2D eigenvalue weighted by Crippen LogP contribution is 2.47. The van der Waals surface area contributed by atoms with Gasteiger partial charge in [-0.25, -0.2) is 4.98 Å². The van der Waals surface area contributed by atoms with E-state index in [1.54, 1.807) is 21.6 Å². The second-order valence-electron chi connectivity index (χ2n) is 7.01. The largest absolute Gasteiger partial charge is 0.241 e. The number of pyridine rings is 1. The molecular weight excluding hydrogens is 318 g/mol. The van der Waals surface area contributed by atoms with Crippen LogP contribution < -0.4 is 0 Å². The average Bonchev–Trinajstić information content (AvgIpc) is 3.21. The molecule has 1 nitrogen and oxygen atoms in total. The van der Waals surface area contributed by atoms with E-state index in [4.69, 9.17) is 4.98 Å². The van der Waals surface area contributed by atoms with Crippen molar-refractivity contribution in [1.82, 2.24) is 4.98 Å². The quantitative estimate of drug-likeness (QED) is 0.504. The molecule has 0 spiro atoms. The molecule has 0 saturated carbocycles. The van der Waals surface area contributed by atoms with Crippen LogP contribution in [0.5, 0.6) is 0 Å². The topological polar surface area (TPSA) is 12.9 Å². The molecule has 0 N–H and O–H groups in total. The van der Waals surface area contributed by atoms with Crippen LogP contribution in [0.2, 0.25) is 0 Å². The van der Waals surface area contributed by atoms with Gasteiger partial charge in [0.25, 0.3) is 0 Å². The molecule has 0 unspecified atom stereocenters. The Balaban J connectivity index is 1.91. The Morgan fingerprint density at radius 2 is 1.96 bits per heavy atom. The lowest BCUT2D eigenvalue weighted by molar-refractivity contribution is 0.577. The van der Waals surface area contributed by atoms with Crippen molar-refractivity contribution in [2.45, 2.75) is 57.8 Å². The smallest absolute Gasteiger partial charge is 0.124 e. The van der Waals surface area contributed by atoms with Gasteiger partial charge in [0.05, 0.1) is 0 Å². The van der Waals surface area contributed by atoms with Crippen molar-refractivity contribution >= 4 is 32.9 Å². The second kappa shape index (κ2) is 5.42. The predicted octanol–water partition coefficient (Wildman–Crippen LogP) is 6.34. The lowest BCUT2D eigenvalue weighted by Crippen LogP contribution is -2.11. The molecule has 0 aromatic carbocycles. The minimum Gasteiger partial charge on any atom is -0.241 e. The molecule has 1 atom stereocenters. The van der Waals surface area contributed by atoms with Crippen LogP contribution in [0.4, 0.5) is 0 Å². The van der Waals surface area contributed by atoms with Gasteiger partial charge in [-0.1, -0.05) is 13.0 Å². The van der Waals surface area contributed by atoms with Crippen molar-refractivity contribution in [2.75, 3.05) is 0 Å². The summed E-state index contributed by atoms with van der Waals surface area (Å²) in [5.74, 6) is 0.612. The van der Waals surface area contributed by atoms with Crippen molar-refractivity contribution in [3.05, 3.63) is 39.2 Å². The van der Waals surface area contributed by atoms with Crippen LogP contribution in [0.3, 0.4) is 0 Å². The summed E-state index contributed by atoms with van der Waals surface area (Å²) in [5.41, 5.74) is 6.13. The zero-order valence-corrected chi connectivity index (χ0v) is 15.2. The van der Waals surface area contributed by atoms with Crippen molar-refractivity contribution in [2.24, 2.45) is 0 Å². The summed E-state index contributed by atoms with van der Waals surface area (Å²) < 4.78 is 0. The molecule has 3 heteroatoms. The Kier molecular flexibility index (Phi) is 3.34. The van der Waals surface area contributed by atoms with E-state index < -0.39 is 0 Å². The summed E-state index contributed by atoms with van der Waals surface area (Å²) in [6.45, 7) is 2.36. The number of aryl methyl sites for hydroxylation is 2. The van der Waals surface area contributed by atoms with E-state index in [1.165, 1.54) is 65.7 Å². The van der Waals surface area contributed by atoms with Crippen LogP contribution in [0.25, 0.3) is 20.7 Å². The first-order chi connectivity index (χ1) is 11.3. The number of thiophene rings is 2. The molecule has 2 aliphatic carbocycles. The highest BCUT2D eigenvalue weighted by molar-refractivity contribution is 7.19. The van der Waals surface area contributed by atoms with E-state index in [0.717, 1.165) is 0 Å². The third-order valence-corrected chi connectivity index (χ3v) is 7.61. The van der Waals surface area contributed by atoms with E-state index in [0.29, 0.717) is 5.92 Å². The van der Waals surface area contributed by atoms with E-state index in [2.05, 4.69) is 24.4 Å². The molecule has 0 amide bonds. The summed E-state index contributed by atoms with van der Waals surface area (Å²) in [5, 5.41) is 3.74. The number of hydrogen-bond donors (Lipinski definition) is 0. The molecule has 2 aliphatic rings. The first kappa shape index (κ1) is 14.2. The average molecular weight is 340 g/mol. The third kappa shape index (κ3) is 2.13. The Morgan fingerprint density at radius 1 is 1.09 bits per heavy atom. The van der Waals surface area contributed by atoms with E-state index in [-0.39, 0.29) is 0 Å². The SMILES string of the molecule is C[C@H]1CCCc2c1nc1sc3c(c1c2-c1cccs1)CCCC3. The van der Waals surface area contributed by atoms with Crippen LogP contribution in [0.1, 0.15) is 60.2 Å². The number of rotatable bonds is 1. The minimum atomic E-state index is 0.612. The number of fused-ring (bicyclic) bond motifs is 4. The molecule has 5 rings (SSSR count). The van der Waals surface area contributed by atoms with Gasteiger partial charge in [0.1, 0.15) is 4.83 Å². The lowest BCUT2D eigenvalue weighted by Gasteiger charge is -2.24. The molecule has 0 saturated heterocycles. The normalized spacial score (nSPS) is 20.5. The molecule has 0 aliphatic heterocycles. The minimum absolute atomic E-state index is 0.612. The fraction of sp³-hybridized carbons (Fsp3) is 0.450. The fourth-order valence-corrected chi connectivity index (χ4v) is 6.50. The van der Waals surface area contributed by atoms with Crippen LogP contribution in [0, 0.1) is 0 Å².